The first kappa shape index (κ1) is 12.4. The van der Waals surface area contributed by atoms with Gasteiger partial charge in [-0.2, -0.15) is 5.10 Å². The molecule has 13 heavy (non-hydrogen) atoms. The van der Waals surface area contributed by atoms with E-state index in [0.717, 1.165) is 36.7 Å². The van der Waals surface area contributed by atoms with E-state index in [0.29, 0.717) is 0 Å². The zero-order chi connectivity index (χ0) is 7.84. The van der Waals surface area contributed by atoms with Crippen LogP contribution in [0.25, 0.3) is 0 Å². The molecule has 1 aliphatic rings. The third-order valence-corrected chi connectivity index (χ3v) is 2.01. The van der Waals surface area contributed by atoms with Crippen LogP contribution in [-0.4, -0.2) is 16.3 Å². The summed E-state index contributed by atoms with van der Waals surface area (Å²) in [6.45, 7) is 3.93. The first-order valence-corrected chi connectivity index (χ1v) is 3.86. The van der Waals surface area contributed by atoms with Gasteiger partial charge in [-0.25, -0.2) is 4.68 Å². The van der Waals surface area contributed by atoms with Crippen molar-refractivity contribution in [3.63, 3.8) is 0 Å². The van der Waals surface area contributed by atoms with E-state index in [-0.39, 0.29) is 24.8 Å². The second kappa shape index (κ2) is 4.58. The highest BCUT2D eigenvalue weighted by atomic mass is 35.5. The fourth-order valence-electron chi connectivity index (χ4n) is 1.38. The van der Waals surface area contributed by atoms with Crippen LogP contribution in [0.2, 0.25) is 0 Å². The van der Waals surface area contributed by atoms with E-state index in [1.165, 1.54) is 0 Å². The summed E-state index contributed by atoms with van der Waals surface area (Å²) in [5.74, 6) is 0.994. The normalized spacial score (nSPS) is 13.3. The largest absolute Gasteiger partial charge is 0.394 e. The lowest BCUT2D eigenvalue weighted by molar-refractivity contribution is 0.564. The molecular formula is C7H14Cl2N4. The number of anilines is 2. The molecule has 1 aliphatic heterocycles. The van der Waals surface area contributed by atoms with E-state index in [2.05, 4.69) is 10.4 Å². The molecule has 0 saturated carbocycles. The van der Waals surface area contributed by atoms with Crippen molar-refractivity contribution in [2.75, 3.05) is 17.6 Å². The summed E-state index contributed by atoms with van der Waals surface area (Å²) in [4.78, 5) is 0. The number of rotatable bonds is 0. The second-order valence-corrected chi connectivity index (χ2v) is 2.85. The summed E-state index contributed by atoms with van der Waals surface area (Å²) < 4.78 is 1.94. The molecule has 76 valence electrons. The monoisotopic (exact) mass is 224 g/mol. The van der Waals surface area contributed by atoms with Crippen LogP contribution in [-0.2, 0) is 6.54 Å². The maximum Gasteiger partial charge on any atom is 0.148 e. The van der Waals surface area contributed by atoms with Gasteiger partial charge in [-0.05, 0) is 13.3 Å². The minimum absolute atomic E-state index is 0. The van der Waals surface area contributed by atoms with Crippen molar-refractivity contribution < 1.29 is 0 Å². The van der Waals surface area contributed by atoms with Crippen LogP contribution in [0.15, 0.2) is 0 Å². The Hall–Kier alpha value is -0.610. The van der Waals surface area contributed by atoms with Gasteiger partial charge in [-0.15, -0.1) is 24.8 Å². The van der Waals surface area contributed by atoms with Crippen molar-refractivity contribution in [1.29, 1.82) is 0 Å². The van der Waals surface area contributed by atoms with Crippen molar-refractivity contribution in [3.05, 3.63) is 5.69 Å². The third-order valence-electron chi connectivity index (χ3n) is 2.01. The maximum absolute atomic E-state index is 5.78. The van der Waals surface area contributed by atoms with Gasteiger partial charge in [0, 0.05) is 13.1 Å². The van der Waals surface area contributed by atoms with Gasteiger partial charge < -0.3 is 11.1 Å². The number of nitrogens with one attached hydrogen (secondary N) is 1. The Balaban J connectivity index is 0.000000720. The van der Waals surface area contributed by atoms with Crippen molar-refractivity contribution in [2.24, 2.45) is 0 Å². The Morgan fingerprint density at radius 2 is 2.15 bits per heavy atom. The van der Waals surface area contributed by atoms with E-state index in [4.69, 9.17) is 5.73 Å². The molecule has 3 N–H and O–H groups in total. The molecule has 0 amide bonds. The van der Waals surface area contributed by atoms with Crippen LogP contribution in [0.4, 0.5) is 11.5 Å². The highest BCUT2D eigenvalue weighted by Gasteiger charge is 2.14. The first-order valence-electron chi connectivity index (χ1n) is 3.86. The molecule has 0 saturated heterocycles. The molecule has 2 heterocycles. The topological polar surface area (TPSA) is 55.9 Å². The lowest BCUT2D eigenvalue weighted by atomic mass is 10.3. The van der Waals surface area contributed by atoms with E-state index in [9.17, 15) is 0 Å². The Morgan fingerprint density at radius 3 is 2.77 bits per heavy atom. The fourth-order valence-corrected chi connectivity index (χ4v) is 1.38. The lowest BCUT2D eigenvalue weighted by Gasteiger charge is -2.15. The molecule has 0 unspecified atom stereocenters. The van der Waals surface area contributed by atoms with Gasteiger partial charge in [0.2, 0.25) is 0 Å². The first-order chi connectivity index (χ1) is 5.29. The standard InChI is InChI=1S/C7H12N4.2ClH/c1-5-6(8)7-9-3-2-4-11(7)10-5;;/h9H,2-4,8H2,1H3;2*1H. The summed E-state index contributed by atoms with van der Waals surface area (Å²) in [7, 11) is 0. The van der Waals surface area contributed by atoms with Crippen LogP contribution in [0.1, 0.15) is 12.1 Å². The Labute approximate surface area is 89.7 Å². The van der Waals surface area contributed by atoms with E-state index in [1.54, 1.807) is 0 Å². The summed E-state index contributed by atoms with van der Waals surface area (Å²) in [6, 6.07) is 0. The van der Waals surface area contributed by atoms with E-state index < -0.39 is 0 Å². The number of nitrogen functional groups attached to an aromatic ring is 1. The van der Waals surface area contributed by atoms with Crippen LogP contribution in [0, 0.1) is 6.92 Å². The molecule has 0 aromatic carbocycles. The number of aryl methyl sites for hydroxylation is 2. The van der Waals surface area contributed by atoms with Gasteiger partial charge in [-0.1, -0.05) is 0 Å². The van der Waals surface area contributed by atoms with Crippen LogP contribution >= 0.6 is 24.8 Å². The molecule has 1 aromatic rings. The molecule has 0 fully saturated rings. The Kier molecular flexibility index (Phi) is 4.36. The van der Waals surface area contributed by atoms with E-state index in [1.807, 2.05) is 11.6 Å². The van der Waals surface area contributed by atoms with Crippen LogP contribution in [0.5, 0.6) is 0 Å². The zero-order valence-electron chi connectivity index (χ0n) is 7.41. The number of aromatic nitrogens is 2. The van der Waals surface area contributed by atoms with Crippen molar-refractivity contribution in [2.45, 2.75) is 19.9 Å². The average molecular weight is 225 g/mol. The molecule has 6 heteroatoms. The zero-order valence-corrected chi connectivity index (χ0v) is 9.04. The molecule has 0 spiro atoms. The predicted molar refractivity (Wildman–Crippen MR) is 59.0 cm³/mol. The molecule has 0 aliphatic carbocycles. The van der Waals surface area contributed by atoms with Crippen LogP contribution in [0.3, 0.4) is 0 Å². The number of halogens is 2. The maximum atomic E-state index is 5.78. The molecule has 4 nitrogen and oxygen atoms in total. The van der Waals surface area contributed by atoms with Gasteiger partial charge in [0.05, 0.1) is 11.4 Å². The minimum Gasteiger partial charge on any atom is -0.394 e. The third kappa shape index (κ3) is 2.00. The van der Waals surface area contributed by atoms with E-state index >= 15 is 0 Å². The minimum atomic E-state index is 0. The van der Waals surface area contributed by atoms with Gasteiger partial charge >= 0.3 is 0 Å². The fraction of sp³-hybridized carbons (Fsp3) is 0.571. The predicted octanol–water partition coefficient (Wildman–Crippen LogP) is 1.43. The van der Waals surface area contributed by atoms with Crippen molar-refractivity contribution in [1.82, 2.24) is 9.78 Å². The Morgan fingerprint density at radius 1 is 1.46 bits per heavy atom. The number of hydrogen-bond donors (Lipinski definition) is 2. The Bertz CT molecular complexity index is 284. The molecule has 0 bridgehead atoms. The van der Waals surface area contributed by atoms with Gasteiger partial charge in [0.25, 0.3) is 0 Å². The molecule has 0 radical (unpaired) electrons. The summed E-state index contributed by atoms with van der Waals surface area (Å²) in [5, 5.41) is 7.51. The van der Waals surface area contributed by atoms with Gasteiger partial charge in [0.15, 0.2) is 0 Å². The average Bonchev–Trinajstić information content (AvgIpc) is 2.30. The number of nitrogens with two attached hydrogens (primary N) is 1. The quantitative estimate of drug-likeness (QED) is 0.702. The summed E-state index contributed by atoms with van der Waals surface area (Å²) in [6.07, 6.45) is 1.13. The van der Waals surface area contributed by atoms with Crippen molar-refractivity contribution in [3.8, 4) is 0 Å². The van der Waals surface area contributed by atoms with Gasteiger partial charge in [-0.3, -0.25) is 0 Å². The molecule has 1 aromatic heterocycles. The molecule has 2 rings (SSSR count). The SMILES string of the molecule is Cc1nn2c(c1N)NCCC2.Cl.Cl. The number of nitrogens with zero attached hydrogens (tertiary/aromatic N) is 2. The highest BCUT2D eigenvalue weighted by molar-refractivity contribution is 5.85. The summed E-state index contributed by atoms with van der Waals surface area (Å²) in [5.41, 5.74) is 7.50. The smallest absolute Gasteiger partial charge is 0.148 e. The van der Waals surface area contributed by atoms with Crippen LogP contribution < -0.4 is 11.1 Å². The molecule has 0 atom stereocenters. The number of hydrogen-bond acceptors (Lipinski definition) is 3. The summed E-state index contributed by atoms with van der Waals surface area (Å²) >= 11 is 0. The van der Waals surface area contributed by atoms with Gasteiger partial charge in [0.1, 0.15) is 5.82 Å². The second-order valence-electron chi connectivity index (χ2n) is 2.85. The highest BCUT2D eigenvalue weighted by Crippen LogP contribution is 2.24. The van der Waals surface area contributed by atoms with Crippen molar-refractivity contribution >= 4 is 36.3 Å². The molecular weight excluding hydrogens is 211 g/mol. The lowest BCUT2D eigenvalue weighted by Crippen LogP contribution is -2.18. The number of fused-ring (bicyclic) bond motifs is 1.